The van der Waals surface area contributed by atoms with Crippen molar-refractivity contribution in [1.29, 1.82) is 5.26 Å². The highest BCUT2D eigenvalue weighted by Gasteiger charge is 2.65. The normalized spacial score (nSPS) is 38.5. The maximum absolute atomic E-state index is 14.5. The molecule has 5 aliphatic carbocycles. The molecule has 5 aliphatic rings. The molecule has 44 heavy (non-hydrogen) atoms. The Morgan fingerprint density at radius 3 is 2.39 bits per heavy atom. The van der Waals surface area contributed by atoms with Crippen molar-refractivity contribution in [3.8, 4) is 6.07 Å². The molecule has 0 heterocycles. The number of nitrogens with one attached hydrogen (secondary N) is 1. The maximum atomic E-state index is 14.5. The summed E-state index contributed by atoms with van der Waals surface area (Å²) in [6.07, 6.45) is 12.4. The summed E-state index contributed by atoms with van der Waals surface area (Å²) in [5.41, 5.74) is 1.38. The zero-order valence-electron chi connectivity index (χ0n) is 27.6. The third-order valence-corrected chi connectivity index (χ3v) is 13.4. The zero-order valence-corrected chi connectivity index (χ0v) is 27.6. The van der Waals surface area contributed by atoms with Crippen LogP contribution in [0.1, 0.15) is 105 Å². The molecule has 7 unspecified atom stereocenters. The first kappa shape index (κ1) is 31.0. The van der Waals surface area contributed by atoms with Crippen molar-refractivity contribution in [2.24, 2.45) is 50.7 Å². The Morgan fingerprint density at radius 1 is 0.955 bits per heavy atom. The lowest BCUT2D eigenvalue weighted by atomic mass is 9.38. The predicted molar refractivity (Wildman–Crippen MR) is 172 cm³/mol. The van der Waals surface area contributed by atoms with Crippen LogP contribution in [0.2, 0.25) is 0 Å². The van der Waals surface area contributed by atoms with Crippen LogP contribution < -0.4 is 5.32 Å². The molecule has 0 radical (unpaired) electrons. The van der Waals surface area contributed by atoms with E-state index in [9.17, 15) is 19.6 Å². The Bertz CT molecular complexity index is 1480. The SMILES string of the molecule is CC1(C)CCC2(CCC(=O)NCc3ccccc3)CCC3C(C(=O)C=C4C5(C)C=C(C#N)C(=O)C(C)(C)C5CCC43C)C2C1. The van der Waals surface area contributed by atoms with Crippen LogP contribution in [0.5, 0.6) is 0 Å². The van der Waals surface area contributed by atoms with Crippen molar-refractivity contribution in [2.75, 3.05) is 0 Å². The molecule has 7 atom stereocenters. The predicted octanol–water partition coefficient (Wildman–Crippen LogP) is 7.91. The van der Waals surface area contributed by atoms with Crippen LogP contribution in [0, 0.1) is 62.1 Å². The van der Waals surface area contributed by atoms with Gasteiger partial charge in [-0.25, -0.2) is 0 Å². The van der Waals surface area contributed by atoms with Gasteiger partial charge in [0.15, 0.2) is 11.6 Å². The Morgan fingerprint density at radius 2 is 1.68 bits per heavy atom. The van der Waals surface area contributed by atoms with Crippen LogP contribution in [0.25, 0.3) is 0 Å². The third-order valence-electron chi connectivity index (χ3n) is 13.4. The van der Waals surface area contributed by atoms with E-state index in [-0.39, 0.29) is 63.0 Å². The maximum Gasteiger partial charge on any atom is 0.220 e. The summed E-state index contributed by atoms with van der Waals surface area (Å²) in [4.78, 5) is 40.9. The van der Waals surface area contributed by atoms with Gasteiger partial charge >= 0.3 is 0 Å². The molecule has 6 rings (SSSR count). The van der Waals surface area contributed by atoms with Gasteiger partial charge in [0.05, 0.1) is 5.57 Å². The molecule has 0 saturated heterocycles. The number of hydrogen-bond donors (Lipinski definition) is 1. The number of amides is 1. The van der Waals surface area contributed by atoms with E-state index in [1.165, 1.54) is 0 Å². The third kappa shape index (κ3) is 4.74. The molecule has 0 aliphatic heterocycles. The molecular weight excluding hydrogens is 544 g/mol. The van der Waals surface area contributed by atoms with Gasteiger partial charge in [-0.05, 0) is 97.0 Å². The van der Waals surface area contributed by atoms with Crippen molar-refractivity contribution in [1.82, 2.24) is 5.32 Å². The number of fused-ring (bicyclic) bond motifs is 7. The quantitative estimate of drug-likeness (QED) is 0.375. The second-order valence-corrected chi connectivity index (χ2v) is 16.7. The number of carbonyl (C=O) groups excluding carboxylic acids is 3. The number of allylic oxidation sites excluding steroid dienone is 4. The van der Waals surface area contributed by atoms with Crippen molar-refractivity contribution in [2.45, 2.75) is 106 Å². The molecule has 5 nitrogen and oxygen atoms in total. The molecule has 1 N–H and O–H groups in total. The Kier molecular flexibility index (Phi) is 7.42. The van der Waals surface area contributed by atoms with Crippen LogP contribution in [0.15, 0.2) is 53.6 Å². The van der Waals surface area contributed by atoms with Crippen LogP contribution in [-0.2, 0) is 20.9 Å². The Hall–Kier alpha value is -3.00. The van der Waals surface area contributed by atoms with Gasteiger partial charge in [-0.3, -0.25) is 14.4 Å². The molecule has 0 bridgehead atoms. The topological polar surface area (TPSA) is 87.0 Å². The summed E-state index contributed by atoms with van der Waals surface area (Å²) < 4.78 is 0. The number of hydrogen-bond acceptors (Lipinski definition) is 4. The molecule has 1 amide bonds. The Balaban J connectivity index is 1.31. The summed E-state index contributed by atoms with van der Waals surface area (Å²) in [6.45, 7) is 13.8. The molecule has 0 spiro atoms. The van der Waals surface area contributed by atoms with E-state index in [0.29, 0.717) is 13.0 Å². The van der Waals surface area contributed by atoms with E-state index in [0.717, 1.165) is 62.5 Å². The molecule has 0 aromatic heterocycles. The number of ketones is 2. The van der Waals surface area contributed by atoms with Gasteiger partial charge < -0.3 is 5.32 Å². The Labute approximate surface area is 263 Å². The summed E-state index contributed by atoms with van der Waals surface area (Å²) in [6, 6.07) is 12.2. The van der Waals surface area contributed by atoms with Crippen molar-refractivity contribution in [3.05, 3.63) is 59.2 Å². The molecular formula is C39H50N2O3. The van der Waals surface area contributed by atoms with Gasteiger partial charge in [-0.1, -0.05) is 83.5 Å². The largest absolute Gasteiger partial charge is 0.352 e. The molecule has 1 aromatic rings. The number of nitriles is 1. The minimum absolute atomic E-state index is 0.00632. The molecule has 3 fully saturated rings. The van der Waals surface area contributed by atoms with Gasteiger partial charge in [0.2, 0.25) is 5.91 Å². The molecule has 234 valence electrons. The lowest BCUT2D eigenvalue weighted by Crippen LogP contribution is -2.60. The first-order valence-electron chi connectivity index (χ1n) is 16.9. The minimum Gasteiger partial charge on any atom is -0.352 e. The summed E-state index contributed by atoms with van der Waals surface area (Å²) in [5, 5.41) is 13.1. The smallest absolute Gasteiger partial charge is 0.220 e. The van der Waals surface area contributed by atoms with E-state index in [1.54, 1.807) is 0 Å². The first-order valence-corrected chi connectivity index (χ1v) is 16.9. The standard InChI is InChI=1S/C39H50N2O3/c1-35(2)18-19-39(17-14-32(43)41-24-25-10-8-7-9-11-25)16-12-27-33(28(39)22-35)29(42)20-31-37(27,5)15-13-30-36(3,4)34(44)26(23-40)21-38(30,31)6/h7-11,20-21,27-28,30,33H,12-19,22,24H2,1-6H3,(H,41,43). The first-order chi connectivity index (χ1) is 20.7. The minimum atomic E-state index is -0.646. The van der Waals surface area contributed by atoms with Crippen LogP contribution in [0.3, 0.4) is 0 Å². The van der Waals surface area contributed by atoms with Gasteiger partial charge in [-0.15, -0.1) is 0 Å². The number of benzene rings is 1. The zero-order chi connectivity index (χ0) is 31.7. The van der Waals surface area contributed by atoms with Crippen molar-refractivity contribution in [3.63, 3.8) is 0 Å². The van der Waals surface area contributed by atoms with Crippen LogP contribution in [0.4, 0.5) is 0 Å². The molecule has 5 heteroatoms. The van der Waals surface area contributed by atoms with E-state index < -0.39 is 10.8 Å². The number of carbonyl (C=O) groups is 3. The number of Topliss-reactive ketones (excluding diaryl/α,β-unsaturated/α-hetero) is 1. The van der Waals surface area contributed by atoms with Gasteiger partial charge in [0, 0.05) is 29.7 Å². The highest BCUT2D eigenvalue weighted by Crippen LogP contribution is 2.71. The van der Waals surface area contributed by atoms with E-state index >= 15 is 0 Å². The molecule has 3 saturated carbocycles. The van der Waals surface area contributed by atoms with Crippen LogP contribution >= 0.6 is 0 Å². The lowest BCUT2D eigenvalue weighted by Gasteiger charge is -2.65. The van der Waals surface area contributed by atoms with E-state index in [4.69, 9.17) is 0 Å². The molecule has 1 aromatic carbocycles. The monoisotopic (exact) mass is 594 g/mol. The second-order valence-electron chi connectivity index (χ2n) is 16.7. The van der Waals surface area contributed by atoms with E-state index in [2.05, 4.69) is 39.1 Å². The van der Waals surface area contributed by atoms with Crippen molar-refractivity contribution < 1.29 is 14.4 Å². The van der Waals surface area contributed by atoms with E-state index in [1.807, 2.05) is 56.3 Å². The summed E-state index contributed by atoms with van der Waals surface area (Å²) in [7, 11) is 0. The fourth-order valence-corrected chi connectivity index (χ4v) is 11.1. The average Bonchev–Trinajstić information content (AvgIpc) is 2.98. The highest BCUT2D eigenvalue weighted by molar-refractivity contribution is 6.04. The average molecular weight is 595 g/mol. The van der Waals surface area contributed by atoms with Gasteiger partial charge in [0.1, 0.15) is 6.07 Å². The van der Waals surface area contributed by atoms with Crippen molar-refractivity contribution >= 4 is 17.5 Å². The van der Waals surface area contributed by atoms with Crippen LogP contribution in [-0.4, -0.2) is 17.5 Å². The number of nitrogens with zero attached hydrogens (tertiary/aromatic N) is 1. The number of rotatable bonds is 5. The highest BCUT2D eigenvalue weighted by atomic mass is 16.1. The summed E-state index contributed by atoms with van der Waals surface area (Å²) >= 11 is 0. The fraction of sp³-hybridized carbons (Fsp3) is 0.641. The lowest BCUT2D eigenvalue weighted by molar-refractivity contribution is -0.149. The summed E-state index contributed by atoms with van der Waals surface area (Å²) in [5.74, 6) is 0.799. The fourth-order valence-electron chi connectivity index (χ4n) is 11.1. The van der Waals surface area contributed by atoms with Gasteiger partial charge in [-0.2, -0.15) is 5.26 Å². The van der Waals surface area contributed by atoms with Gasteiger partial charge in [0.25, 0.3) is 0 Å². The second kappa shape index (κ2) is 10.5.